The Balaban J connectivity index is 1.56. The monoisotopic (exact) mass is 339 g/mol. The topological polar surface area (TPSA) is 74.4 Å². The van der Waals surface area contributed by atoms with Gasteiger partial charge in [-0.2, -0.15) is 0 Å². The number of nitrogens with one attached hydrogen (secondary N) is 2. The average molecular weight is 339 g/mol. The number of carbonyl (C=O) groups is 1. The molecule has 128 valence electrons. The van der Waals surface area contributed by atoms with E-state index in [-0.39, 0.29) is 23.0 Å². The first kappa shape index (κ1) is 16.5. The Morgan fingerprint density at radius 3 is 2.57 bits per heavy atom. The van der Waals surface area contributed by atoms with Crippen molar-refractivity contribution in [1.82, 2.24) is 15.2 Å². The lowest BCUT2D eigenvalue weighted by Gasteiger charge is -2.39. The summed E-state index contributed by atoms with van der Waals surface area (Å²) in [5.74, 6) is 0. The summed E-state index contributed by atoms with van der Waals surface area (Å²) in [6.07, 6.45) is 3.83. The molecule has 2 bridgehead atoms. The van der Waals surface area contributed by atoms with Crippen molar-refractivity contribution < 1.29 is 9.53 Å². The molecule has 2 fully saturated rings. The van der Waals surface area contributed by atoms with E-state index in [1.54, 1.807) is 0 Å². The minimum absolute atomic E-state index is 0.0124. The summed E-state index contributed by atoms with van der Waals surface area (Å²) in [6.45, 7) is 6.39. The second-order valence-corrected chi connectivity index (χ2v) is 8.34. The largest absolute Gasteiger partial charge is 0.444 e. The molecule has 2 N–H and O–H groups in total. The Morgan fingerprint density at radius 1 is 1.39 bits per heavy atom. The average Bonchev–Trinajstić information content (AvgIpc) is 2.96. The van der Waals surface area contributed by atoms with E-state index in [2.05, 4.69) is 10.3 Å². The highest BCUT2D eigenvalue weighted by molar-refractivity contribution is 7.07. The van der Waals surface area contributed by atoms with E-state index < -0.39 is 5.60 Å². The molecule has 0 radical (unpaired) electrons. The van der Waals surface area contributed by atoms with Crippen LogP contribution in [0.15, 0.2) is 10.2 Å². The quantitative estimate of drug-likeness (QED) is 0.887. The minimum Gasteiger partial charge on any atom is -0.444 e. The summed E-state index contributed by atoms with van der Waals surface area (Å²) >= 11 is 1.19. The molecule has 2 aliphatic heterocycles. The van der Waals surface area contributed by atoms with E-state index in [1.165, 1.54) is 11.3 Å². The van der Waals surface area contributed by atoms with Crippen LogP contribution >= 0.6 is 11.3 Å². The predicted molar refractivity (Wildman–Crippen MR) is 89.7 cm³/mol. The van der Waals surface area contributed by atoms with E-state index >= 15 is 0 Å². The van der Waals surface area contributed by atoms with Crippen LogP contribution in [0.1, 0.15) is 52.1 Å². The molecule has 1 aromatic rings. The molecular weight excluding hydrogens is 314 g/mol. The van der Waals surface area contributed by atoms with E-state index in [9.17, 15) is 9.59 Å². The van der Waals surface area contributed by atoms with Crippen LogP contribution in [0, 0.1) is 0 Å². The van der Waals surface area contributed by atoms with Crippen LogP contribution in [0.2, 0.25) is 0 Å². The van der Waals surface area contributed by atoms with Crippen molar-refractivity contribution in [2.24, 2.45) is 0 Å². The summed E-state index contributed by atoms with van der Waals surface area (Å²) in [4.78, 5) is 28.3. The van der Waals surface area contributed by atoms with Crippen molar-refractivity contribution in [2.75, 3.05) is 0 Å². The number of rotatable bonds is 3. The summed E-state index contributed by atoms with van der Waals surface area (Å²) < 4.78 is 5.55. The number of nitrogens with zero attached hydrogens (tertiary/aromatic N) is 1. The second kappa shape index (κ2) is 6.28. The fourth-order valence-corrected chi connectivity index (χ4v) is 4.19. The maximum Gasteiger partial charge on any atom is 0.410 e. The van der Waals surface area contributed by atoms with Gasteiger partial charge in [-0.1, -0.05) is 11.3 Å². The van der Waals surface area contributed by atoms with Gasteiger partial charge >= 0.3 is 11.0 Å². The van der Waals surface area contributed by atoms with Crippen molar-refractivity contribution in [2.45, 2.75) is 76.7 Å². The van der Waals surface area contributed by atoms with Gasteiger partial charge in [0, 0.05) is 35.7 Å². The molecule has 0 aromatic carbocycles. The number of ether oxygens (including phenoxy) is 1. The first-order valence-corrected chi connectivity index (χ1v) is 9.11. The van der Waals surface area contributed by atoms with Crippen LogP contribution in [0.5, 0.6) is 0 Å². The number of H-pyrrole nitrogens is 1. The number of aromatic amines is 1. The maximum atomic E-state index is 12.4. The summed E-state index contributed by atoms with van der Waals surface area (Å²) in [7, 11) is 0. The summed E-state index contributed by atoms with van der Waals surface area (Å²) in [6, 6.07) is 0.917. The maximum absolute atomic E-state index is 12.4. The third-order valence-electron chi connectivity index (χ3n) is 4.49. The number of amides is 1. The highest BCUT2D eigenvalue weighted by atomic mass is 32.1. The molecule has 3 rings (SSSR count). The number of carbonyl (C=O) groups excluding carboxylic acids is 1. The van der Waals surface area contributed by atoms with E-state index in [1.807, 2.05) is 31.1 Å². The Bertz CT molecular complexity index is 605. The molecule has 0 aliphatic carbocycles. The summed E-state index contributed by atoms with van der Waals surface area (Å²) in [5.41, 5.74) is 0.484. The Labute approximate surface area is 140 Å². The van der Waals surface area contributed by atoms with Crippen molar-refractivity contribution in [3.63, 3.8) is 0 Å². The van der Waals surface area contributed by atoms with Crippen LogP contribution in [0.25, 0.3) is 0 Å². The fourth-order valence-electron chi connectivity index (χ4n) is 3.61. The Morgan fingerprint density at radius 2 is 2.04 bits per heavy atom. The standard InChI is InChI=1S/C16H25N3O3S/c1-16(2,3)22-15(21)19-12-4-5-13(19)7-10(6-12)17-8-11-9-23-14(20)18-11/h9-10,12-13,17H,4-8H2,1-3H3,(H,18,20). The van der Waals surface area contributed by atoms with Crippen molar-refractivity contribution in [1.29, 1.82) is 0 Å². The molecule has 1 aromatic heterocycles. The molecule has 0 spiro atoms. The fraction of sp³-hybridized carbons (Fsp3) is 0.750. The molecule has 2 aliphatic rings. The minimum atomic E-state index is -0.448. The first-order valence-electron chi connectivity index (χ1n) is 8.23. The van der Waals surface area contributed by atoms with Gasteiger partial charge in [0.1, 0.15) is 5.60 Å². The highest BCUT2D eigenvalue weighted by Crippen LogP contribution is 2.36. The molecular formula is C16H25N3O3S. The van der Waals surface area contributed by atoms with Crippen LogP contribution in [-0.2, 0) is 11.3 Å². The van der Waals surface area contributed by atoms with Gasteiger partial charge in [-0.15, -0.1) is 0 Å². The van der Waals surface area contributed by atoms with E-state index in [4.69, 9.17) is 4.74 Å². The molecule has 2 saturated heterocycles. The van der Waals surface area contributed by atoms with Crippen molar-refractivity contribution in [3.8, 4) is 0 Å². The zero-order valence-electron chi connectivity index (χ0n) is 13.9. The molecule has 6 nitrogen and oxygen atoms in total. The summed E-state index contributed by atoms with van der Waals surface area (Å²) in [5, 5.41) is 5.38. The lowest BCUT2D eigenvalue weighted by molar-refractivity contribution is 0.00465. The molecule has 0 saturated carbocycles. The number of fused-ring (bicyclic) bond motifs is 2. The molecule has 2 atom stereocenters. The van der Waals surface area contributed by atoms with Crippen molar-refractivity contribution >= 4 is 17.4 Å². The van der Waals surface area contributed by atoms with Gasteiger partial charge in [0.15, 0.2) is 0 Å². The van der Waals surface area contributed by atoms with Crippen LogP contribution in [0.3, 0.4) is 0 Å². The zero-order chi connectivity index (χ0) is 16.6. The molecule has 23 heavy (non-hydrogen) atoms. The number of piperidine rings is 1. The second-order valence-electron chi connectivity index (χ2n) is 7.50. The lowest BCUT2D eigenvalue weighted by atomic mass is 9.97. The van der Waals surface area contributed by atoms with E-state index in [0.717, 1.165) is 31.4 Å². The van der Waals surface area contributed by atoms with Gasteiger partial charge in [0.25, 0.3) is 0 Å². The third-order valence-corrected chi connectivity index (χ3v) is 5.21. The van der Waals surface area contributed by atoms with Crippen molar-refractivity contribution in [3.05, 3.63) is 20.7 Å². The van der Waals surface area contributed by atoms with Gasteiger partial charge in [-0.3, -0.25) is 4.79 Å². The molecule has 1 amide bonds. The van der Waals surface area contributed by atoms with Gasteiger partial charge in [0.2, 0.25) is 0 Å². The van der Waals surface area contributed by atoms with Gasteiger partial charge < -0.3 is 19.9 Å². The smallest absolute Gasteiger partial charge is 0.410 e. The van der Waals surface area contributed by atoms with Gasteiger partial charge in [-0.25, -0.2) is 4.79 Å². The lowest BCUT2D eigenvalue weighted by Crippen LogP contribution is -2.52. The normalized spacial score (nSPS) is 27.3. The Kier molecular flexibility index (Phi) is 4.51. The third kappa shape index (κ3) is 3.95. The molecule has 3 heterocycles. The molecule has 2 unspecified atom stereocenters. The van der Waals surface area contributed by atoms with Crippen LogP contribution < -0.4 is 10.2 Å². The Hall–Kier alpha value is -1.34. The van der Waals surface area contributed by atoms with Crippen LogP contribution in [0.4, 0.5) is 4.79 Å². The number of hydrogen-bond donors (Lipinski definition) is 2. The number of aromatic nitrogens is 1. The van der Waals surface area contributed by atoms with Gasteiger partial charge in [-0.05, 0) is 46.5 Å². The SMILES string of the molecule is CC(C)(C)OC(=O)N1C2CCC1CC(NCc1csc(=O)[nH]1)C2. The zero-order valence-corrected chi connectivity index (χ0v) is 14.7. The number of hydrogen-bond acceptors (Lipinski definition) is 5. The van der Waals surface area contributed by atoms with Gasteiger partial charge in [0.05, 0.1) is 0 Å². The highest BCUT2D eigenvalue weighted by Gasteiger charge is 2.44. The van der Waals surface area contributed by atoms with Crippen LogP contribution in [-0.4, -0.2) is 39.7 Å². The first-order chi connectivity index (χ1) is 10.8. The molecule has 7 heteroatoms. The van der Waals surface area contributed by atoms with E-state index in [0.29, 0.717) is 12.6 Å². The number of thiazole rings is 1. The predicted octanol–water partition coefficient (Wildman–Crippen LogP) is 2.46.